The van der Waals surface area contributed by atoms with Crippen molar-refractivity contribution in [1.82, 2.24) is 4.31 Å². The molecule has 1 aliphatic rings. The van der Waals surface area contributed by atoms with E-state index in [0.29, 0.717) is 25.1 Å². The third-order valence-electron chi connectivity index (χ3n) is 3.33. The minimum Gasteiger partial charge on any atom is -0.566 e. The lowest BCUT2D eigenvalue weighted by Crippen LogP contribution is -2.35. The van der Waals surface area contributed by atoms with Crippen LogP contribution in [0.4, 0.5) is 10.1 Å². The maximum Gasteiger partial charge on any atom is 0.276 e. The Morgan fingerprint density at radius 2 is 2.15 bits per heavy atom. The van der Waals surface area contributed by atoms with Crippen molar-refractivity contribution in [3.63, 3.8) is 0 Å². The number of hydrogen-bond donors (Lipinski definition) is 1. The Labute approximate surface area is 174 Å². The van der Waals surface area contributed by atoms with Crippen LogP contribution in [0.3, 0.4) is 0 Å². The van der Waals surface area contributed by atoms with Gasteiger partial charge in [-0.15, -0.1) is 11.3 Å². The summed E-state index contributed by atoms with van der Waals surface area (Å²) in [6.45, 7) is 0. The van der Waals surface area contributed by atoms with E-state index in [1.807, 2.05) is 0 Å². The van der Waals surface area contributed by atoms with E-state index in [2.05, 4.69) is 25.6 Å². The van der Waals surface area contributed by atoms with Gasteiger partial charge in [0.1, 0.15) is 15.9 Å². The van der Waals surface area contributed by atoms with Gasteiger partial charge in [-0.05, 0) is 44.6 Å². The lowest BCUT2D eigenvalue weighted by atomic mass is 10.2. The molecule has 1 aromatic heterocycles. The van der Waals surface area contributed by atoms with Crippen LogP contribution in [0.25, 0.3) is 0 Å². The largest absolute Gasteiger partial charge is 0.566 e. The smallest absolute Gasteiger partial charge is 0.276 e. The molecule has 11 heteroatoms. The SMILES string of the molecule is CN1C(C(=O)Nc2ccc(F)c(Cl)c2)=CC(c2cc(Br)c(Cl)s2)=N[S+]1[O-]. The van der Waals surface area contributed by atoms with Crippen molar-refractivity contribution in [3.05, 3.63) is 60.6 Å². The first-order chi connectivity index (χ1) is 12.3. The summed E-state index contributed by atoms with van der Waals surface area (Å²) in [5.41, 5.74) is 0.822. The first kappa shape index (κ1) is 19.7. The van der Waals surface area contributed by atoms with Gasteiger partial charge in [0, 0.05) is 16.2 Å². The van der Waals surface area contributed by atoms with E-state index < -0.39 is 23.3 Å². The van der Waals surface area contributed by atoms with Crippen LogP contribution in [-0.4, -0.2) is 27.5 Å². The van der Waals surface area contributed by atoms with E-state index in [1.165, 1.54) is 40.9 Å². The van der Waals surface area contributed by atoms with Gasteiger partial charge in [0.25, 0.3) is 5.91 Å². The van der Waals surface area contributed by atoms with Crippen molar-refractivity contribution in [1.29, 1.82) is 0 Å². The second-order valence-corrected chi connectivity index (χ2v) is 9.16. The summed E-state index contributed by atoms with van der Waals surface area (Å²) in [4.78, 5) is 13.3. The highest BCUT2D eigenvalue weighted by molar-refractivity contribution is 9.10. The number of thiophene rings is 1. The van der Waals surface area contributed by atoms with Crippen LogP contribution in [0.2, 0.25) is 9.36 Å². The molecule has 1 N–H and O–H groups in total. The van der Waals surface area contributed by atoms with Crippen LogP contribution in [0.5, 0.6) is 0 Å². The molecule has 1 unspecified atom stereocenters. The van der Waals surface area contributed by atoms with Gasteiger partial charge in [0.15, 0.2) is 5.70 Å². The van der Waals surface area contributed by atoms with E-state index >= 15 is 0 Å². The lowest BCUT2D eigenvalue weighted by molar-refractivity contribution is -0.113. The molecular weight excluding hydrogens is 488 g/mol. The molecule has 3 rings (SSSR count). The van der Waals surface area contributed by atoms with Crippen LogP contribution < -0.4 is 5.32 Å². The topological polar surface area (TPSA) is 67.8 Å². The molecule has 0 saturated heterocycles. The van der Waals surface area contributed by atoms with Crippen LogP contribution in [0.1, 0.15) is 4.88 Å². The second-order valence-electron chi connectivity index (χ2n) is 5.05. The summed E-state index contributed by atoms with van der Waals surface area (Å²) in [6, 6.07) is 5.55. The molecule has 1 amide bonds. The molecule has 0 radical (unpaired) electrons. The van der Waals surface area contributed by atoms with E-state index in [4.69, 9.17) is 23.2 Å². The van der Waals surface area contributed by atoms with Crippen molar-refractivity contribution >= 4 is 79.3 Å². The first-order valence-corrected chi connectivity index (χ1v) is 10.4. The van der Waals surface area contributed by atoms with E-state index in [-0.39, 0.29) is 10.7 Å². The fourth-order valence-electron chi connectivity index (χ4n) is 2.04. The minimum atomic E-state index is -1.78. The van der Waals surface area contributed by atoms with Crippen molar-refractivity contribution < 1.29 is 13.7 Å². The highest BCUT2D eigenvalue weighted by atomic mass is 79.9. The summed E-state index contributed by atoms with van der Waals surface area (Å²) in [5.74, 6) is -1.12. The molecule has 1 aliphatic heterocycles. The Hall–Kier alpha value is -1.10. The quantitative estimate of drug-likeness (QED) is 0.621. The number of hydrogen-bond acceptors (Lipinski definition) is 5. The predicted molar refractivity (Wildman–Crippen MR) is 108 cm³/mol. The van der Waals surface area contributed by atoms with E-state index in [1.54, 1.807) is 6.07 Å². The molecule has 136 valence electrons. The number of amides is 1. The number of rotatable bonds is 3. The van der Waals surface area contributed by atoms with Crippen molar-refractivity contribution in [2.75, 3.05) is 12.4 Å². The fourth-order valence-corrected chi connectivity index (χ4v) is 4.69. The highest BCUT2D eigenvalue weighted by Crippen LogP contribution is 2.34. The predicted octanol–water partition coefficient (Wildman–Crippen LogP) is 4.79. The van der Waals surface area contributed by atoms with Crippen LogP contribution >= 0.6 is 50.5 Å². The maximum atomic E-state index is 13.2. The standard InChI is InChI=1S/C15H9BrCl2FN3O2S2/c1-22-12(15(23)20-7-2-3-10(19)9(17)4-7)6-11(21-26(22)24)13-5-8(16)14(18)25-13/h2-6H,1H3,(H,20,23). The molecule has 1 atom stereocenters. The first-order valence-electron chi connectivity index (χ1n) is 6.94. The lowest BCUT2D eigenvalue weighted by Gasteiger charge is -2.23. The van der Waals surface area contributed by atoms with Gasteiger partial charge in [-0.2, -0.15) is 4.31 Å². The Morgan fingerprint density at radius 3 is 2.77 bits per heavy atom. The summed E-state index contributed by atoms with van der Waals surface area (Å²) in [6.07, 6.45) is 1.51. The molecule has 0 bridgehead atoms. The number of likely N-dealkylation sites (N-methyl/N-ethyl adjacent to an activating group) is 1. The third kappa shape index (κ3) is 4.08. The number of carbonyl (C=O) groups excluding carboxylic acids is 1. The Balaban J connectivity index is 1.89. The van der Waals surface area contributed by atoms with E-state index in [0.717, 1.165) is 6.07 Å². The zero-order valence-electron chi connectivity index (χ0n) is 12.9. The van der Waals surface area contributed by atoms with Crippen LogP contribution in [0, 0.1) is 5.82 Å². The molecule has 5 nitrogen and oxygen atoms in total. The zero-order valence-corrected chi connectivity index (χ0v) is 17.7. The van der Waals surface area contributed by atoms with Crippen molar-refractivity contribution in [2.45, 2.75) is 0 Å². The summed E-state index contributed by atoms with van der Waals surface area (Å²) >= 11 is 14.5. The molecule has 1 aromatic carbocycles. The number of benzene rings is 1. The summed E-state index contributed by atoms with van der Waals surface area (Å²) in [7, 11) is 1.48. The zero-order chi connectivity index (χ0) is 19.0. The van der Waals surface area contributed by atoms with Gasteiger partial charge >= 0.3 is 0 Å². The Bertz CT molecular complexity index is 931. The summed E-state index contributed by atoms with van der Waals surface area (Å²) in [5, 5.41) is 2.48. The van der Waals surface area contributed by atoms with Gasteiger partial charge in [-0.1, -0.05) is 23.2 Å². The number of anilines is 1. The number of nitrogens with one attached hydrogen (secondary N) is 1. The Morgan fingerprint density at radius 1 is 1.42 bits per heavy atom. The minimum absolute atomic E-state index is 0.113. The van der Waals surface area contributed by atoms with Gasteiger partial charge in [-0.3, -0.25) is 4.79 Å². The molecule has 0 fully saturated rings. The molecule has 2 aromatic rings. The average Bonchev–Trinajstić information content (AvgIpc) is 2.92. The molecule has 0 aliphatic carbocycles. The maximum absolute atomic E-state index is 13.2. The van der Waals surface area contributed by atoms with Gasteiger partial charge in [0.05, 0.1) is 16.9 Å². The van der Waals surface area contributed by atoms with Gasteiger partial charge < -0.3 is 9.87 Å². The highest BCUT2D eigenvalue weighted by Gasteiger charge is 2.31. The van der Waals surface area contributed by atoms with Crippen molar-refractivity contribution in [3.8, 4) is 0 Å². The summed E-state index contributed by atoms with van der Waals surface area (Å²) < 4.78 is 32.0. The molecule has 0 saturated carbocycles. The molecule has 2 heterocycles. The van der Waals surface area contributed by atoms with Crippen molar-refractivity contribution in [2.24, 2.45) is 4.40 Å². The number of nitrogens with zero attached hydrogens (tertiary/aromatic N) is 2. The second kappa shape index (κ2) is 7.87. The number of allylic oxidation sites excluding steroid dienone is 1. The van der Waals surface area contributed by atoms with Crippen LogP contribution in [-0.2, 0) is 16.3 Å². The van der Waals surface area contributed by atoms with E-state index in [9.17, 15) is 13.7 Å². The third-order valence-corrected chi connectivity index (χ3v) is 7.14. The number of carbonyl (C=O) groups is 1. The fraction of sp³-hybridized carbons (Fsp3) is 0.0667. The van der Waals surface area contributed by atoms with Gasteiger partial charge in [-0.25, -0.2) is 4.39 Å². The molecular formula is C15H9BrCl2FN3O2S2. The average molecular weight is 497 g/mol. The molecule has 26 heavy (non-hydrogen) atoms. The normalized spacial score (nSPS) is 17.0. The van der Waals surface area contributed by atoms with Crippen LogP contribution in [0.15, 0.2) is 44.9 Å². The number of halogens is 4. The molecule has 0 spiro atoms. The Kier molecular flexibility index (Phi) is 5.95. The monoisotopic (exact) mass is 495 g/mol. The van der Waals surface area contributed by atoms with Gasteiger partial charge in [0.2, 0.25) is 11.5 Å².